The maximum atomic E-state index is 5.61. The minimum absolute atomic E-state index is 0.517. The number of fused-ring (bicyclic) bond motifs is 1. The van der Waals surface area contributed by atoms with Gasteiger partial charge in [-0.3, -0.25) is 0 Å². The first-order valence-corrected chi connectivity index (χ1v) is 6.19. The molecule has 0 unspecified atom stereocenters. The highest BCUT2D eigenvalue weighted by Crippen LogP contribution is 2.15. The summed E-state index contributed by atoms with van der Waals surface area (Å²) in [6, 6.07) is 7.29. The van der Waals surface area contributed by atoms with Gasteiger partial charge in [-0.25, -0.2) is 15.0 Å². The number of H-pyrrole nitrogens is 1. The van der Waals surface area contributed by atoms with E-state index < -0.39 is 0 Å². The molecule has 0 aliphatic heterocycles. The van der Waals surface area contributed by atoms with Gasteiger partial charge in [0.2, 0.25) is 0 Å². The zero-order valence-electron chi connectivity index (χ0n) is 10.7. The summed E-state index contributed by atoms with van der Waals surface area (Å²) in [5.41, 5.74) is 7.76. The van der Waals surface area contributed by atoms with Crippen LogP contribution in [0.25, 0.3) is 11.2 Å². The van der Waals surface area contributed by atoms with E-state index in [1.165, 1.54) is 6.33 Å². The van der Waals surface area contributed by atoms with E-state index in [2.05, 4.69) is 25.3 Å². The third-order valence-electron chi connectivity index (χ3n) is 2.77. The molecule has 2 heterocycles. The van der Waals surface area contributed by atoms with Crippen molar-refractivity contribution in [1.82, 2.24) is 19.9 Å². The van der Waals surface area contributed by atoms with Crippen molar-refractivity contribution in [2.24, 2.45) is 0 Å². The Balaban J connectivity index is 1.55. The highest BCUT2D eigenvalue weighted by atomic mass is 16.5. The minimum Gasteiger partial charge on any atom is -0.492 e. The highest BCUT2D eigenvalue weighted by molar-refractivity contribution is 5.81. The fourth-order valence-corrected chi connectivity index (χ4v) is 1.80. The molecule has 0 radical (unpaired) electrons. The van der Waals surface area contributed by atoms with E-state index >= 15 is 0 Å². The Morgan fingerprint density at radius 1 is 1.15 bits per heavy atom. The van der Waals surface area contributed by atoms with Gasteiger partial charge < -0.3 is 20.8 Å². The maximum Gasteiger partial charge on any atom is 0.182 e. The summed E-state index contributed by atoms with van der Waals surface area (Å²) < 4.78 is 5.59. The fraction of sp³-hybridized carbons (Fsp3) is 0.154. The molecule has 0 amide bonds. The lowest BCUT2D eigenvalue weighted by molar-refractivity contribution is 0.333. The lowest BCUT2D eigenvalue weighted by Gasteiger charge is -2.08. The van der Waals surface area contributed by atoms with Gasteiger partial charge in [0.25, 0.3) is 0 Å². The molecule has 7 nitrogen and oxygen atoms in total. The maximum absolute atomic E-state index is 5.61. The number of aromatic nitrogens is 4. The van der Waals surface area contributed by atoms with Crippen molar-refractivity contribution >= 4 is 22.7 Å². The second kappa shape index (κ2) is 5.43. The van der Waals surface area contributed by atoms with Crippen LogP contribution in [0.3, 0.4) is 0 Å². The van der Waals surface area contributed by atoms with E-state index in [4.69, 9.17) is 10.5 Å². The van der Waals surface area contributed by atoms with Crippen molar-refractivity contribution in [3.05, 3.63) is 36.9 Å². The van der Waals surface area contributed by atoms with Crippen molar-refractivity contribution in [2.45, 2.75) is 0 Å². The molecule has 0 saturated carbocycles. The molecule has 0 spiro atoms. The molecular weight excluding hydrogens is 256 g/mol. The minimum atomic E-state index is 0.517. The van der Waals surface area contributed by atoms with Crippen LogP contribution in [0.4, 0.5) is 11.5 Å². The predicted molar refractivity (Wildman–Crippen MR) is 76.5 cm³/mol. The number of anilines is 2. The highest BCUT2D eigenvalue weighted by Gasteiger charge is 2.04. The van der Waals surface area contributed by atoms with Crippen LogP contribution in [0.5, 0.6) is 5.75 Å². The number of nitrogens with one attached hydrogen (secondary N) is 2. The quantitative estimate of drug-likeness (QED) is 0.479. The number of aromatic amines is 1. The lowest BCUT2D eigenvalue weighted by atomic mass is 10.3. The predicted octanol–water partition coefficient (Wildman–Crippen LogP) is 1.43. The standard InChI is InChI=1S/C13H14N6O/c14-9-1-3-10(4-2-9)20-6-5-15-12-11-13(17-7-16-11)19-8-18-12/h1-4,7-8H,5-6,14H2,(H2,15,16,17,18,19). The number of hydrogen-bond donors (Lipinski definition) is 3. The molecule has 102 valence electrons. The summed E-state index contributed by atoms with van der Waals surface area (Å²) >= 11 is 0. The summed E-state index contributed by atoms with van der Waals surface area (Å²) in [5, 5.41) is 3.18. The van der Waals surface area contributed by atoms with Crippen LogP contribution in [-0.2, 0) is 0 Å². The van der Waals surface area contributed by atoms with Gasteiger partial charge in [0.05, 0.1) is 12.9 Å². The average molecular weight is 270 g/mol. The van der Waals surface area contributed by atoms with Crippen LogP contribution >= 0.6 is 0 Å². The zero-order valence-corrected chi connectivity index (χ0v) is 10.7. The van der Waals surface area contributed by atoms with E-state index in [0.717, 1.165) is 17.0 Å². The molecule has 3 aromatic rings. The van der Waals surface area contributed by atoms with E-state index in [9.17, 15) is 0 Å². The molecule has 2 aromatic heterocycles. The van der Waals surface area contributed by atoms with Crippen LogP contribution in [0.2, 0.25) is 0 Å². The van der Waals surface area contributed by atoms with E-state index in [-0.39, 0.29) is 0 Å². The molecule has 3 rings (SSSR count). The Labute approximate surface area is 115 Å². The summed E-state index contributed by atoms with van der Waals surface area (Å²) in [5.74, 6) is 1.50. The summed E-state index contributed by atoms with van der Waals surface area (Å²) in [6.07, 6.45) is 3.07. The molecule has 7 heteroatoms. The topological polar surface area (TPSA) is 102 Å². The number of hydrogen-bond acceptors (Lipinski definition) is 6. The molecule has 0 aliphatic carbocycles. The monoisotopic (exact) mass is 270 g/mol. The zero-order chi connectivity index (χ0) is 13.8. The van der Waals surface area contributed by atoms with Gasteiger partial charge >= 0.3 is 0 Å². The fourth-order valence-electron chi connectivity index (χ4n) is 1.80. The van der Waals surface area contributed by atoms with Gasteiger partial charge in [-0.1, -0.05) is 0 Å². The van der Waals surface area contributed by atoms with Crippen LogP contribution < -0.4 is 15.8 Å². The number of nitrogen functional groups attached to an aromatic ring is 1. The summed E-state index contributed by atoms with van der Waals surface area (Å²) in [4.78, 5) is 15.3. The van der Waals surface area contributed by atoms with Gasteiger partial charge in [-0.05, 0) is 24.3 Å². The summed E-state index contributed by atoms with van der Waals surface area (Å²) in [6.45, 7) is 1.14. The largest absolute Gasteiger partial charge is 0.492 e. The van der Waals surface area contributed by atoms with Gasteiger partial charge in [0.1, 0.15) is 24.2 Å². The number of nitrogens with two attached hydrogens (primary N) is 1. The number of imidazole rings is 1. The third-order valence-corrected chi connectivity index (χ3v) is 2.77. The molecular formula is C13H14N6O. The molecule has 0 fully saturated rings. The molecule has 0 atom stereocenters. The Kier molecular flexibility index (Phi) is 3.32. The van der Waals surface area contributed by atoms with Crippen LogP contribution in [0.1, 0.15) is 0 Å². The number of ether oxygens (including phenoxy) is 1. The molecule has 0 bridgehead atoms. The Morgan fingerprint density at radius 3 is 2.85 bits per heavy atom. The van der Waals surface area contributed by atoms with E-state index in [1.807, 2.05) is 12.1 Å². The van der Waals surface area contributed by atoms with Crippen molar-refractivity contribution in [1.29, 1.82) is 0 Å². The Morgan fingerprint density at radius 2 is 2.00 bits per heavy atom. The second-order valence-electron chi connectivity index (χ2n) is 4.17. The van der Waals surface area contributed by atoms with Gasteiger partial charge in [0.15, 0.2) is 11.5 Å². The number of benzene rings is 1. The van der Waals surface area contributed by atoms with Crippen LogP contribution in [0.15, 0.2) is 36.9 Å². The third kappa shape index (κ3) is 2.61. The van der Waals surface area contributed by atoms with Crippen molar-refractivity contribution in [2.75, 3.05) is 24.2 Å². The molecule has 0 aliphatic rings. The molecule has 20 heavy (non-hydrogen) atoms. The molecule has 4 N–H and O–H groups in total. The summed E-state index contributed by atoms with van der Waals surface area (Å²) in [7, 11) is 0. The normalized spacial score (nSPS) is 10.6. The van der Waals surface area contributed by atoms with Gasteiger partial charge in [-0.2, -0.15) is 0 Å². The Hall–Kier alpha value is -2.83. The van der Waals surface area contributed by atoms with Gasteiger partial charge in [-0.15, -0.1) is 0 Å². The average Bonchev–Trinajstić information content (AvgIpc) is 2.94. The number of nitrogens with zero attached hydrogens (tertiary/aromatic N) is 3. The second-order valence-corrected chi connectivity index (χ2v) is 4.17. The molecule has 0 saturated heterocycles. The van der Waals surface area contributed by atoms with Crippen LogP contribution in [0, 0.1) is 0 Å². The van der Waals surface area contributed by atoms with E-state index in [0.29, 0.717) is 24.6 Å². The smallest absolute Gasteiger partial charge is 0.182 e. The molecule has 1 aromatic carbocycles. The first-order chi connectivity index (χ1) is 9.83. The number of rotatable bonds is 5. The lowest BCUT2D eigenvalue weighted by Crippen LogP contribution is -2.12. The van der Waals surface area contributed by atoms with E-state index in [1.54, 1.807) is 18.5 Å². The SMILES string of the molecule is Nc1ccc(OCCNc2ncnc3nc[nH]c23)cc1. The van der Waals surface area contributed by atoms with Crippen molar-refractivity contribution in [3.8, 4) is 5.75 Å². The van der Waals surface area contributed by atoms with Gasteiger partial charge in [0, 0.05) is 5.69 Å². The first-order valence-electron chi connectivity index (χ1n) is 6.19. The van der Waals surface area contributed by atoms with Crippen molar-refractivity contribution < 1.29 is 4.74 Å². The Bertz CT molecular complexity index is 693. The first kappa shape index (κ1) is 12.2. The van der Waals surface area contributed by atoms with Crippen LogP contribution in [-0.4, -0.2) is 33.1 Å². The van der Waals surface area contributed by atoms with Crippen molar-refractivity contribution in [3.63, 3.8) is 0 Å².